The summed E-state index contributed by atoms with van der Waals surface area (Å²) < 4.78 is 0.917. The Labute approximate surface area is 182 Å². The molecule has 0 atom stereocenters. The van der Waals surface area contributed by atoms with Crippen LogP contribution in [0.1, 0.15) is 15.4 Å². The minimum atomic E-state index is -0.943. The first-order chi connectivity index (χ1) is 15.0. The molecular weight excluding hydrogens is 414 g/mol. The molecule has 0 spiro atoms. The Bertz CT molecular complexity index is 1300. The normalized spacial score (nSPS) is 14.4. The molecule has 1 aromatic carbocycles. The average Bonchev–Trinajstić information content (AvgIpc) is 3.36. The fraction of sp³-hybridized carbons (Fsp3) is 0.227. The molecule has 3 aromatic heterocycles. The molecule has 1 aliphatic rings. The van der Waals surface area contributed by atoms with E-state index in [1.54, 1.807) is 11.1 Å². The van der Waals surface area contributed by atoms with Gasteiger partial charge in [-0.1, -0.05) is 0 Å². The molecular formula is C22H21N5O3S. The second-order valence-corrected chi connectivity index (χ2v) is 8.68. The highest BCUT2D eigenvalue weighted by molar-refractivity contribution is 7.21. The average molecular weight is 436 g/mol. The van der Waals surface area contributed by atoms with Crippen molar-refractivity contribution in [3.8, 4) is 0 Å². The number of aromatic nitrogens is 2. The molecule has 0 saturated carbocycles. The highest BCUT2D eigenvalue weighted by Gasteiger charge is 2.26. The number of nitrogens with one attached hydrogen (secondary N) is 2. The van der Waals surface area contributed by atoms with E-state index in [9.17, 15) is 9.59 Å². The van der Waals surface area contributed by atoms with Gasteiger partial charge in [0.15, 0.2) is 0 Å². The van der Waals surface area contributed by atoms with Crippen molar-refractivity contribution < 1.29 is 14.7 Å². The summed E-state index contributed by atoms with van der Waals surface area (Å²) in [5, 5.41) is 13.7. The van der Waals surface area contributed by atoms with Gasteiger partial charge in [-0.15, -0.1) is 11.3 Å². The van der Waals surface area contributed by atoms with Crippen LogP contribution >= 0.6 is 11.3 Å². The van der Waals surface area contributed by atoms with Crippen LogP contribution in [0.15, 0.2) is 42.6 Å². The molecule has 0 bridgehead atoms. The monoisotopic (exact) mass is 435 g/mol. The number of hydrogen-bond donors (Lipinski definition) is 3. The van der Waals surface area contributed by atoms with Gasteiger partial charge in [0.2, 0.25) is 0 Å². The summed E-state index contributed by atoms with van der Waals surface area (Å²) in [4.78, 5) is 35.5. The second kappa shape index (κ2) is 7.59. The molecule has 4 heterocycles. The zero-order chi connectivity index (χ0) is 21.5. The number of H-pyrrole nitrogens is 1. The number of carbonyl (C=O) groups is 2. The lowest BCUT2D eigenvalue weighted by Gasteiger charge is -2.32. The summed E-state index contributed by atoms with van der Waals surface area (Å²) in [7, 11) is 0. The molecule has 4 aromatic rings. The number of hydrogen-bond acceptors (Lipinski definition) is 5. The van der Waals surface area contributed by atoms with Crippen LogP contribution in [0.25, 0.3) is 21.1 Å². The lowest BCUT2D eigenvalue weighted by molar-refractivity contribution is 0.0629. The van der Waals surface area contributed by atoms with E-state index in [1.807, 2.05) is 31.2 Å². The first kappa shape index (κ1) is 19.4. The number of carboxylic acid groups (broad SMARTS) is 1. The van der Waals surface area contributed by atoms with Gasteiger partial charge < -0.3 is 25.2 Å². The van der Waals surface area contributed by atoms with Gasteiger partial charge >= 0.3 is 6.09 Å². The van der Waals surface area contributed by atoms with Crippen molar-refractivity contribution in [2.75, 3.05) is 31.5 Å². The van der Waals surface area contributed by atoms with Crippen LogP contribution in [-0.4, -0.2) is 63.1 Å². The molecule has 31 heavy (non-hydrogen) atoms. The molecule has 8 nitrogen and oxygen atoms in total. The Hall–Kier alpha value is -3.59. The van der Waals surface area contributed by atoms with Crippen LogP contribution in [0.5, 0.6) is 0 Å². The number of aryl methyl sites for hydroxylation is 1. The molecule has 5 rings (SSSR count). The third-order valence-corrected chi connectivity index (χ3v) is 6.64. The summed E-state index contributed by atoms with van der Waals surface area (Å²) in [6, 6.07) is 12.0. The summed E-state index contributed by atoms with van der Waals surface area (Å²) in [5.74, 6) is -0.0804. The van der Waals surface area contributed by atoms with E-state index >= 15 is 0 Å². The third kappa shape index (κ3) is 3.68. The fourth-order valence-electron chi connectivity index (χ4n) is 3.91. The van der Waals surface area contributed by atoms with E-state index in [2.05, 4.69) is 27.4 Å². The van der Waals surface area contributed by atoms with Gasteiger partial charge in [0.1, 0.15) is 0 Å². The lowest BCUT2D eigenvalue weighted by atomic mass is 10.2. The minimum Gasteiger partial charge on any atom is -0.465 e. The van der Waals surface area contributed by atoms with E-state index in [1.165, 1.54) is 16.2 Å². The van der Waals surface area contributed by atoms with Gasteiger partial charge in [0.25, 0.3) is 5.91 Å². The van der Waals surface area contributed by atoms with Crippen LogP contribution in [0.4, 0.5) is 16.2 Å². The van der Waals surface area contributed by atoms with Crippen LogP contribution < -0.4 is 5.32 Å². The van der Waals surface area contributed by atoms with E-state index in [-0.39, 0.29) is 5.91 Å². The van der Waals surface area contributed by atoms with Crippen molar-refractivity contribution in [1.29, 1.82) is 0 Å². The standard InChI is InChI=1S/C22H21N5O3S/c1-13-10-14-11-15(2-3-16(14)24-13)25-17-4-5-23-18-12-19(31-20(17)18)21(28)26-6-8-27(9-7-26)22(29)30/h2-5,10-12,24H,6-9H2,1H3,(H,23,25)(H,29,30). The maximum atomic E-state index is 13.0. The van der Waals surface area contributed by atoms with Crippen LogP contribution in [0, 0.1) is 6.92 Å². The third-order valence-electron chi connectivity index (χ3n) is 5.49. The highest BCUT2D eigenvalue weighted by Crippen LogP contribution is 2.33. The number of aromatic amines is 1. The zero-order valence-corrected chi connectivity index (χ0v) is 17.7. The maximum Gasteiger partial charge on any atom is 0.407 e. The minimum absolute atomic E-state index is 0.0804. The summed E-state index contributed by atoms with van der Waals surface area (Å²) in [6.07, 6.45) is 0.790. The number of thiophene rings is 1. The second-order valence-electron chi connectivity index (χ2n) is 7.62. The SMILES string of the molecule is Cc1cc2cc(Nc3ccnc4cc(C(=O)N5CCN(C(=O)O)CC5)sc34)ccc2[nH]1. The van der Waals surface area contributed by atoms with E-state index in [0.717, 1.165) is 38.2 Å². The van der Waals surface area contributed by atoms with Crippen molar-refractivity contribution in [2.45, 2.75) is 6.92 Å². The molecule has 0 unspecified atom stereocenters. The molecule has 0 aliphatic carbocycles. The summed E-state index contributed by atoms with van der Waals surface area (Å²) >= 11 is 1.41. The number of amides is 2. The van der Waals surface area contributed by atoms with Crippen molar-refractivity contribution in [1.82, 2.24) is 19.8 Å². The smallest absolute Gasteiger partial charge is 0.407 e. The molecule has 1 saturated heterocycles. The Balaban J connectivity index is 1.39. The van der Waals surface area contributed by atoms with Crippen molar-refractivity contribution in [3.05, 3.63) is 53.2 Å². The number of nitrogens with zero attached hydrogens (tertiary/aromatic N) is 3. The largest absolute Gasteiger partial charge is 0.465 e. The molecule has 158 valence electrons. The van der Waals surface area contributed by atoms with Crippen molar-refractivity contribution in [2.24, 2.45) is 0 Å². The molecule has 1 aliphatic heterocycles. The number of piperazine rings is 1. The number of fused-ring (bicyclic) bond motifs is 2. The lowest BCUT2D eigenvalue weighted by Crippen LogP contribution is -2.50. The summed E-state index contributed by atoms with van der Waals surface area (Å²) in [5.41, 5.74) is 4.83. The van der Waals surface area contributed by atoms with E-state index in [4.69, 9.17) is 5.11 Å². The first-order valence-electron chi connectivity index (χ1n) is 10.00. The Kier molecular flexibility index (Phi) is 4.74. The number of benzene rings is 1. The Morgan fingerprint density at radius 3 is 2.65 bits per heavy atom. The molecule has 1 fully saturated rings. The van der Waals surface area contributed by atoms with Gasteiger partial charge in [0, 0.05) is 54.7 Å². The number of carbonyl (C=O) groups excluding carboxylic acids is 1. The Morgan fingerprint density at radius 2 is 1.87 bits per heavy atom. The van der Waals surface area contributed by atoms with Gasteiger partial charge in [-0.05, 0) is 43.3 Å². The van der Waals surface area contributed by atoms with Crippen LogP contribution in [0.3, 0.4) is 0 Å². The van der Waals surface area contributed by atoms with Gasteiger partial charge in [0.05, 0.1) is 20.8 Å². The maximum absolute atomic E-state index is 13.0. The van der Waals surface area contributed by atoms with Crippen LogP contribution in [0.2, 0.25) is 0 Å². The predicted molar refractivity (Wildman–Crippen MR) is 121 cm³/mol. The molecule has 3 N–H and O–H groups in total. The Morgan fingerprint density at radius 1 is 1.10 bits per heavy atom. The fourth-order valence-corrected chi connectivity index (χ4v) is 4.96. The van der Waals surface area contributed by atoms with Crippen molar-refractivity contribution >= 4 is 55.8 Å². The molecule has 9 heteroatoms. The number of pyridine rings is 1. The summed E-state index contributed by atoms with van der Waals surface area (Å²) in [6.45, 7) is 3.49. The van der Waals surface area contributed by atoms with Gasteiger partial charge in [-0.2, -0.15) is 0 Å². The van der Waals surface area contributed by atoms with E-state index in [0.29, 0.717) is 31.1 Å². The van der Waals surface area contributed by atoms with E-state index < -0.39 is 6.09 Å². The predicted octanol–water partition coefficient (Wildman–Crippen LogP) is 4.27. The number of rotatable bonds is 3. The van der Waals surface area contributed by atoms with Crippen LogP contribution in [-0.2, 0) is 0 Å². The zero-order valence-electron chi connectivity index (χ0n) is 16.9. The first-order valence-corrected chi connectivity index (χ1v) is 10.8. The molecule has 2 amide bonds. The van der Waals surface area contributed by atoms with Crippen molar-refractivity contribution in [3.63, 3.8) is 0 Å². The topological polar surface area (TPSA) is 102 Å². The van der Waals surface area contributed by atoms with Gasteiger partial charge in [-0.3, -0.25) is 9.78 Å². The van der Waals surface area contributed by atoms with Gasteiger partial charge in [-0.25, -0.2) is 4.79 Å². The highest BCUT2D eigenvalue weighted by atomic mass is 32.1. The molecule has 0 radical (unpaired) electrons. The quantitative estimate of drug-likeness (QED) is 0.446. The number of anilines is 2.